The average molecular weight is 281 g/mol. The van der Waals surface area contributed by atoms with Gasteiger partial charge in [-0.05, 0) is 39.8 Å². The summed E-state index contributed by atoms with van der Waals surface area (Å²) in [5.41, 5.74) is 6.30. The Balaban J connectivity index is 1.99. The van der Waals surface area contributed by atoms with Gasteiger partial charge in [0.2, 0.25) is 0 Å². The van der Waals surface area contributed by atoms with Crippen molar-refractivity contribution >= 4 is 11.3 Å². The van der Waals surface area contributed by atoms with Crippen LogP contribution in [0, 0.1) is 6.92 Å². The Hall–Kier alpha value is -0.420. The molecule has 1 saturated heterocycles. The zero-order valence-corrected chi connectivity index (χ0v) is 13.5. The lowest BCUT2D eigenvalue weighted by Gasteiger charge is -2.44. The van der Waals surface area contributed by atoms with E-state index in [4.69, 9.17) is 5.73 Å². The van der Waals surface area contributed by atoms with Gasteiger partial charge >= 0.3 is 0 Å². The van der Waals surface area contributed by atoms with E-state index in [2.05, 4.69) is 49.6 Å². The molecular weight excluding hydrogens is 254 g/mol. The van der Waals surface area contributed by atoms with Crippen LogP contribution >= 0.6 is 11.3 Å². The molecule has 0 aromatic carbocycles. The third-order valence-electron chi connectivity index (χ3n) is 4.02. The minimum atomic E-state index is 0.282. The molecule has 3 nitrogen and oxygen atoms in total. The predicted octanol–water partition coefficient (Wildman–Crippen LogP) is 2.47. The molecule has 1 aliphatic rings. The van der Waals surface area contributed by atoms with E-state index < -0.39 is 0 Å². The average Bonchev–Trinajstić information content (AvgIpc) is 2.76. The fraction of sp³-hybridized carbons (Fsp3) is 0.733. The Bertz CT molecular complexity index is 400. The maximum Gasteiger partial charge on any atom is 0.0565 e. The quantitative estimate of drug-likeness (QED) is 0.924. The first-order valence-electron chi connectivity index (χ1n) is 7.17. The van der Waals surface area contributed by atoms with Crippen LogP contribution in [0.2, 0.25) is 0 Å². The second-order valence-corrected chi connectivity index (χ2v) is 7.71. The van der Waals surface area contributed by atoms with Gasteiger partial charge < -0.3 is 5.73 Å². The Labute approximate surface area is 121 Å². The van der Waals surface area contributed by atoms with Gasteiger partial charge in [0.05, 0.1) is 6.04 Å². The first-order valence-corrected chi connectivity index (χ1v) is 7.99. The molecule has 0 amide bonds. The molecular formula is C15H27N3S. The molecule has 0 spiro atoms. The lowest BCUT2D eigenvalue weighted by Crippen LogP contribution is -2.54. The highest BCUT2D eigenvalue weighted by Crippen LogP contribution is 2.28. The van der Waals surface area contributed by atoms with Gasteiger partial charge in [0.25, 0.3) is 0 Å². The smallest absolute Gasteiger partial charge is 0.0565 e. The number of piperazine rings is 1. The van der Waals surface area contributed by atoms with Crippen molar-refractivity contribution in [2.45, 2.75) is 39.3 Å². The van der Waals surface area contributed by atoms with E-state index in [0.717, 1.165) is 32.7 Å². The molecule has 1 unspecified atom stereocenters. The molecule has 0 radical (unpaired) electrons. The van der Waals surface area contributed by atoms with Crippen LogP contribution in [0.4, 0.5) is 0 Å². The summed E-state index contributed by atoms with van der Waals surface area (Å²) in [6.07, 6.45) is 0. The summed E-state index contributed by atoms with van der Waals surface area (Å²) < 4.78 is 0. The highest BCUT2D eigenvalue weighted by atomic mass is 32.1. The van der Waals surface area contributed by atoms with E-state index >= 15 is 0 Å². The van der Waals surface area contributed by atoms with E-state index in [-0.39, 0.29) is 5.54 Å². The molecule has 1 fully saturated rings. The van der Waals surface area contributed by atoms with Crippen molar-refractivity contribution < 1.29 is 0 Å². The van der Waals surface area contributed by atoms with Crippen LogP contribution in [-0.4, -0.2) is 48.1 Å². The summed E-state index contributed by atoms with van der Waals surface area (Å²) in [7, 11) is 0. The number of hydrogen-bond donors (Lipinski definition) is 1. The monoisotopic (exact) mass is 281 g/mol. The summed E-state index contributed by atoms with van der Waals surface area (Å²) in [4.78, 5) is 7.91. The van der Waals surface area contributed by atoms with E-state index in [1.165, 1.54) is 9.75 Å². The van der Waals surface area contributed by atoms with Crippen LogP contribution in [0.3, 0.4) is 0 Å². The molecule has 0 bridgehead atoms. The lowest BCUT2D eigenvalue weighted by molar-refractivity contribution is 0.0440. The van der Waals surface area contributed by atoms with Gasteiger partial charge in [0.1, 0.15) is 0 Å². The molecule has 1 atom stereocenters. The molecule has 0 saturated carbocycles. The van der Waals surface area contributed by atoms with Gasteiger partial charge in [-0.25, -0.2) is 0 Å². The summed E-state index contributed by atoms with van der Waals surface area (Å²) in [6, 6.07) is 4.85. The Morgan fingerprint density at radius 1 is 1.21 bits per heavy atom. The second-order valence-electron chi connectivity index (χ2n) is 6.39. The van der Waals surface area contributed by atoms with E-state index in [9.17, 15) is 0 Å². The second kappa shape index (κ2) is 5.92. The van der Waals surface area contributed by atoms with Gasteiger partial charge in [-0.15, -0.1) is 11.3 Å². The Kier molecular flexibility index (Phi) is 4.66. The predicted molar refractivity (Wildman–Crippen MR) is 83.8 cm³/mol. The van der Waals surface area contributed by atoms with E-state index in [0.29, 0.717) is 6.04 Å². The number of thiophene rings is 1. The summed E-state index contributed by atoms with van der Waals surface area (Å²) in [5, 5.41) is 0. The van der Waals surface area contributed by atoms with Crippen molar-refractivity contribution in [1.29, 1.82) is 0 Å². The Morgan fingerprint density at radius 2 is 1.84 bits per heavy atom. The minimum Gasteiger partial charge on any atom is -0.329 e. The molecule has 2 heterocycles. The summed E-state index contributed by atoms with van der Waals surface area (Å²) in [5.74, 6) is 0. The molecule has 1 aromatic rings. The summed E-state index contributed by atoms with van der Waals surface area (Å²) in [6.45, 7) is 14.3. The fourth-order valence-electron chi connectivity index (χ4n) is 2.78. The van der Waals surface area contributed by atoms with E-state index in [1.54, 1.807) is 0 Å². The van der Waals surface area contributed by atoms with E-state index in [1.807, 2.05) is 11.3 Å². The SMILES string of the molecule is Cc1ccc(C(CN)N2CCN(C(C)(C)C)CC2)s1. The molecule has 108 valence electrons. The van der Waals surface area contributed by atoms with Gasteiger partial charge in [0, 0.05) is 48.0 Å². The number of rotatable bonds is 3. The third-order valence-corrected chi connectivity index (χ3v) is 5.12. The van der Waals surface area contributed by atoms with Crippen LogP contribution in [0.1, 0.15) is 36.6 Å². The van der Waals surface area contributed by atoms with Crippen LogP contribution in [0.15, 0.2) is 12.1 Å². The molecule has 0 aliphatic carbocycles. The zero-order valence-electron chi connectivity index (χ0n) is 12.6. The van der Waals surface area contributed by atoms with Crippen LogP contribution in [-0.2, 0) is 0 Å². The highest BCUT2D eigenvalue weighted by molar-refractivity contribution is 7.12. The van der Waals surface area contributed by atoms with Gasteiger partial charge in [0.15, 0.2) is 0 Å². The summed E-state index contributed by atoms with van der Waals surface area (Å²) >= 11 is 1.89. The molecule has 19 heavy (non-hydrogen) atoms. The van der Waals surface area contributed by atoms with Crippen molar-refractivity contribution in [3.05, 3.63) is 21.9 Å². The van der Waals surface area contributed by atoms with Crippen molar-refractivity contribution in [3.8, 4) is 0 Å². The standard InChI is InChI=1S/C15H27N3S/c1-12-5-6-14(19-12)13(11-16)17-7-9-18(10-8-17)15(2,3)4/h5-6,13H,7-11,16H2,1-4H3. The topological polar surface area (TPSA) is 32.5 Å². The van der Waals surface area contributed by atoms with Gasteiger partial charge in [-0.3, -0.25) is 9.80 Å². The van der Waals surface area contributed by atoms with Crippen LogP contribution in [0.5, 0.6) is 0 Å². The minimum absolute atomic E-state index is 0.282. The van der Waals surface area contributed by atoms with Crippen LogP contribution in [0.25, 0.3) is 0 Å². The fourth-order valence-corrected chi connectivity index (χ4v) is 3.81. The number of nitrogens with zero attached hydrogens (tertiary/aromatic N) is 2. The zero-order chi connectivity index (χ0) is 14.0. The van der Waals surface area contributed by atoms with Crippen molar-refractivity contribution in [2.75, 3.05) is 32.7 Å². The number of hydrogen-bond acceptors (Lipinski definition) is 4. The third kappa shape index (κ3) is 3.57. The normalized spacial score (nSPS) is 20.7. The van der Waals surface area contributed by atoms with Gasteiger partial charge in [-0.2, -0.15) is 0 Å². The molecule has 1 aliphatic heterocycles. The maximum atomic E-state index is 6.02. The van der Waals surface area contributed by atoms with Crippen molar-refractivity contribution in [2.24, 2.45) is 5.73 Å². The first kappa shape index (κ1) is 15.0. The molecule has 2 N–H and O–H groups in total. The maximum absolute atomic E-state index is 6.02. The molecule has 1 aromatic heterocycles. The first-order chi connectivity index (χ1) is 8.91. The largest absolute Gasteiger partial charge is 0.329 e. The number of aryl methyl sites for hydroxylation is 1. The molecule has 2 rings (SSSR count). The lowest BCUT2D eigenvalue weighted by atomic mass is 10.0. The van der Waals surface area contributed by atoms with Crippen molar-refractivity contribution in [1.82, 2.24) is 9.80 Å². The highest BCUT2D eigenvalue weighted by Gasteiger charge is 2.29. The van der Waals surface area contributed by atoms with Gasteiger partial charge in [-0.1, -0.05) is 0 Å². The van der Waals surface area contributed by atoms with Crippen molar-refractivity contribution in [3.63, 3.8) is 0 Å². The number of nitrogens with two attached hydrogens (primary N) is 1. The molecule has 4 heteroatoms. The Morgan fingerprint density at radius 3 is 2.26 bits per heavy atom. The van der Waals surface area contributed by atoms with Crippen LogP contribution < -0.4 is 5.73 Å².